The van der Waals surface area contributed by atoms with E-state index in [4.69, 9.17) is 8.83 Å². The first-order valence-corrected chi connectivity index (χ1v) is 10.8. The van der Waals surface area contributed by atoms with Gasteiger partial charge in [-0.2, -0.15) is 0 Å². The number of furan rings is 1. The lowest BCUT2D eigenvalue weighted by Gasteiger charge is -2.15. The van der Waals surface area contributed by atoms with E-state index in [1.807, 2.05) is 38.7 Å². The van der Waals surface area contributed by atoms with E-state index in [9.17, 15) is 14.4 Å². The van der Waals surface area contributed by atoms with Crippen LogP contribution in [-0.2, 0) is 16.0 Å². The average molecular weight is 424 g/mol. The number of nitrogens with one attached hydrogen (secondary N) is 1. The first-order chi connectivity index (χ1) is 14.8. The molecule has 0 atom stereocenters. The molecular weight excluding hydrogens is 396 g/mol. The molecule has 3 aromatic rings. The highest BCUT2D eigenvalue weighted by Crippen LogP contribution is 2.34. The topological polar surface area (TPSA) is 92.8 Å². The molecule has 2 amide bonds. The van der Waals surface area contributed by atoms with E-state index in [1.54, 1.807) is 0 Å². The van der Waals surface area contributed by atoms with Gasteiger partial charge in [0.15, 0.2) is 0 Å². The molecule has 0 unspecified atom stereocenters. The fourth-order valence-corrected chi connectivity index (χ4v) is 4.36. The third kappa shape index (κ3) is 3.84. The number of hydrogen-bond donors (Lipinski definition) is 1. The molecule has 7 nitrogen and oxygen atoms in total. The molecule has 1 saturated heterocycles. The minimum Gasteiger partial charge on any atom is -0.461 e. The van der Waals surface area contributed by atoms with Crippen molar-refractivity contribution in [2.24, 2.45) is 0 Å². The average Bonchev–Trinajstić information content (AvgIpc) is 3.27. The van der Waals surface area contributed by atoms with Gasteiger partial charge in [0.05, 0.1) is 12.0 Å². The van der Waals surface area contributed by atoms with Gasteiger partial charge in [-0.05, 0) is 57.7 Å². The Morgan fingerprint density at radius 3 is 2.45 bits per heavy atom. The number of amides is 2. The van der Waals surface area contributed by atoms with E-state index in [0.29, 0.717) is 37.1 Å². The number of rotatable bonds is 6. The molecule has 3 heterocycles. The van der Waals surface area contributed by atoms with Crippen LogP contribution in [-0.4, -0.2) is 36.3 Å². The zero-order valence-electron chi connectivity index (χ0n) is 18.5. The zero-order valence-corrected chi connectivity index (χ0v) is 18.5. The Balaban J connectivity index is 1.52. The summed E-state index contributed by atoms with van der Waals surface area (Å²) < 4.78 is 11.5. The van der Waals surface area contributed by atoms with E-state index in [1.165, 1.54) is 0 Å². The van der Waals surface area contributed by atoms with Crippen molar-refractivity contribution in [2.75, 3.05) is 19.6 Å². The zero-order chi connectivity index (χ0) is 22.3. The van der Waals surface area contributed by atoms with Gasteiger partial charge in [0.25, 0.3) is 0 Å². The van der Waals surface area contributed by atoms with E-state index >= 15 is 0 Å². The molecule has 0 saturated carbocycles. The van der Waals surface area contributed by atoms with Gasteiger partial charge in [-0.25, -0.2) is 4.79 Å². The number of likely N-dealkylation sites (tertiary alicyclic amines) is 1. The van der Waals surface area contributed by atoms with Crippen molar-refractivity contribution >= 4 is 33.8 Å². The Morgan fingerprint density at radius 1 is 1.03 bits per heavy atom. The summed E-state index contributed by atoms with van der Waals surface area (Å²) >= 11 is 0. The standard InChI is InChI=1S/C24H28N2O5/c1-13-16(4)30-22-15(3)23-18(11-17(13)22)14(2)19(24(29)31-23)12-20(27)25-8-6-10-26-9-5-7-21(26)28/h11H,5-10,12H2,1-4H3,(H,25,27). The minimum absolute atomic E-state index is 0.0345. The van der Waals surface area contributed by atoms with Gasteiger partial charge in [0, 0.05) is 42.4 Å². The number of carbonyl (C=O) groups is 2. The van der Waals surface area contributed by atoms with Crippen LogP contribution in [0, 0.1) is 27.7 Å². The number of aryl methyl sites for hydroxylation is 4. The molecule has 0 spiro atoms. The highest BCUT2D eigenvalue weighted by molar-refractivity contribution is 6.00. The van der Waals surface area contributed by atoms with Crippen molar-refractivity contribution in [3.05, 3.63) is 44.5 Å². The quantitative estimate of drug-likeness (QED) is 0.483. The molecule has 7 heteroatoms. The molecule has 0 aliphatic carbocycles. The summed E-state index contributed by atoms with van der Waals surface area (Å²) in [6.45, 7) is 9.57. The second-order valence-corrected chi connectivity index (χ2v) is 8.40. The lowest BCUT2D eigenvalue weighted by Crippen LogP contribution is -2.32. The summed E-state index contributed by atoms with van der Waals surface area (Å²) in [5.41, 5.74) is 3.71. The van der Waals surface area contributed by atoms with Crippen LogP contribution in [0.3, 0.4) is 0 Å². The second kappa shape index (κ2) is 8.21. The summed E-state index contributed by atoms with van der Waals surface area (Å²) in [4.78, 5) is 38.6. The van der Waals surface area contributed by atoms with Crippen LogP contribution < -0.4 is 10.9 Å². The smallest absolute Gasteiger partial charge is 0.340 e. The van der Waals surface area contributed by atoms with Crippen molar-refractivity contribution in [3.8, 4) is 0 Å². The van der Waals surface area contributed by atoms with Crippen molar-refractivity contribution in [3.63, 3.8) is 0 Å². The number of fused-ring (bicyclic) bond motifs is 2. The molecule has 1 N–H and O–H groups in total. The largest absolute Gasteiger partial charge is 0.461 e. The van der Waals surface area contributed by atoms with Gasteiger partial charge in [-0.1, -0.05) is 0 Å². The van der Waals surface area contributed by atoms with Gasteiger partial charge in [-0.15, -0.1) is 0 Å². The summed E-state index contributed by atoms with van der Waals surface area (Å²) in [5.74, 6) is 0.794. The SMILES string of the molecule is Cc1oc2c(C)c3oc(=O)c(CC(=O)NCCCN4CCCC4=O)c(C)c3cc2c1C. The fraction of sp³-hybridized carbons (Fsp3) is 0.458. The molecule has 0 radical (unpaired) electrons. The maximum Gasteiger partial charge on any atom is 0.340 e. The Kier molecular flexibility index (Phi) is 5.60. The Bertz CT molecular complexity index is 1250. The maximum atomic E-state index is 12.7. The Hall–Kier alpha value is -3.09. The van der Waals surface area contributed by atoms with Gasteiger partial charge in [0.2, 0.25) is 11.8 Å². The van der Waals surface area contributed by atoms with Gasteiger partial charge in [-0.3, -0.25) is 9.59 Å². The van der Waals surface area contributed by atoms with Crippen LogP contribution in [0.15, 0.2) is 19.7 Å². The van der Waals surface area contributed by atoms with E-state index < -0.39 is 5.63 Å². The van der Waals surface area contributed by atoms with E-state index in [-0.39, 0.29) is 18.2 Å². The third-order valence-electron chi connectivity index (χ3n) is 6.38. The van der Waals surface area contributed by atoms with Crippen LogP contribution in [0.5, 0.6) is 0 Å². The first-order valence-electron chi connectivity index (χ1n) is 10.8. The van der Waals surface area contributed by atoms with Crippen LogP contribution in [0.2, 0.25) is 0 Å². The molecule has 0 bridgehead atoms. The summed E-state index contributed by atoms with van der Waals surface area (Å²) in [5, 5.41) is 4.67. The molecule has 1 aliphatic heterocycles. The summed E-state index contributed by atoms with van der Waals surface area (Å²) in [6.07, 6.45) is 2.19. The van der Waals surface area contributed by atoms with Crippen molar-refractivity contribution in [2.45, 2.75) is 53.4 Å². The number of carbonyl (C=O) groups excluding carboxylic acids is 2. The van der Waals surface area contributed by atoms with Crippen molar-refractivity contribution in [1.29, 1.82) is 0 Å². The second-order valence-electron chi connectivity index (χ2n) is 8.40. The minimum atomic E-state index is -0.495. The summed E-state index contributed by atoms with van der Waals surface area (Å²) in [7, 11) is 0. The maximum absolute atomic E-state index is 12.7. The molecule has 164 valence electrons. The van der Waals surface area contributed by atoms with Crippen molar-refractivity contribution < 1.29 is 18.4 Å². The highest BCUT2D eigenvalue weighted by atomic mass is 16.4. The molecule has 31 heavy (non-hydrogen) atoms. The highest BCUT2D eigenvalue weighted by Gasteiger charge is 2.21. The molecule has 1 aromatic carbocycles. The predicted octanol–water partition coefficient (Wildman–Crippen LogP) is 3.44. The molecular formula is C24H28N2O5. The number of benzene rings is 1. The summed E-state index contributed by atoms with van der Waals surface area (Å²) in [6, 6.07) is 1.98. The van der Waals surface area contributed by atoms with Crippen molar-refractivity contribution in [1.82, 2.24) is 10.2 Å². The van der Waals surface area contributed by atoms with Crippen LogP contribution >= 0.6 is 0 Å². The number of nitrogens with zero attached hydrogens (tertiary/aromatic N) is 1. The van der Waals surface area contributed by atoms with Gasteiger partial charge < -0.3 is 19.1 Å². The molecule has 1 fully saturated rings. The lowest BCUT2D eigenvalue weighted by molar-refractivity contribution is -0.127. The Morgan fingerprint density at radius 2 is 1.74 bits per heavy atom. The lowest BCUT2D eigenvalue weighted by atomic mass is 9.99. The molecule has 1 aliphatic rings. The van der Waals surface area contributed by atoms with E-state index in [0.717, 1.165) is 51.8 Å². The first kappa shape index (κ1) is 21.2. The predicted molar refractivity (Wildman–Crippen MR) is 118 cm³/mol. The monoisotopic (exact) mass is 424 g/mol. The molecule has 4 rings (SSSR count). The number of hydrogen-bond acceptors (Lipinski definition) is 5. The van der Waals surface area contributed by atoms with E-state index in [2.05, 4.69) is 5.32 Å². The van der Waals surface area contributed by atoms with Crippen LogP contribution in [0.4, 0.5) is 0 Å². The molecule has 2 aromatic heterocycles. The third-order valence-corrected chi connectivity index (χ3v) is 6.38. The Labute approximate surface area is 180 Å². The normalized spacial score (nSPS) is 14.2. The van der Waals surface area contributed by atoms with Gasteiger partial charge >= 0.3 is 5.63 Å². The van der Waals surface area contributed by atoms with Crippen LogP contribution in [0.25, 0.3) is 21.9 Å². The van der Waals surface area contributed by atoms with Crippen LogP contribution in [0.1, 0.15) is 47.3 Å². The van der Waals surface area contributed by atoms with Gasteiger partial charge in [0.1, 0.15) is 16.9 Å². The fourth-order valence-electron chi connectivity index (χ4n) is 4.36.